The molecule has 2 N–H and O–H groups in total. The number of carbonyl (C=O) groups excluding carboxylic acids is 1. The van der Waals surface area contributed by atoms with E-state index >= 15 is 0 Å². The Morgan fingerprint density at radius 2 is 2.00 bits per heavy atom. The van der Waals surface area contributed by atoms with E-state index in [-0.39, 0.29) is 11.5 Å². The van der Waals surface area contributed by atoms with Gasteiger partial charge in [-0.3, -0.25) is 14.9 Å². The first-order valence-electron chi connectivity index (χ1n) is 12.4. The van der Waals surface area contributed by atoms with Gasteiger partial charge in [0.15, 0.2) is 0 Å². The monoisotopic (exact) mass is 480 g/mol. The maximum Gasteiger partial charge on any atom is 0.325 e. The second kappa shape index (κ2) is 10.3. The summed E-state index contributed by atoms with van der Waals surface area (Å²) in [5, 5.41) is 13.3. The van der Waals surface area contributed by atoms with Crippen LogP contribution in [-0.2, 0) is 29.7 Å². The van der Waals surface area contributed by atoms with Crippen LogP contribution in [0.15, 0.2) is 35.3 Å². The molecular formula is C27H36N4O4. The quantitative estimate of drug-likeness (QED) is 0.433. The third-order valence-corrected chi connectivity index (χ3v) is 6.39. The van der Waals surface area contributed by atoms with Crippen molar-refractivity contribution in [1.29, 1.82) is 0 Å². The molecule has 0 bridgehead atoms. The number of rotatable bonds is 10. The van der Waals surface area contributed by atoms with Crippen LogP contribution in [0.2, 0.25) is 0 Å². The smallest absolute Gasteiger partial charge is 0.325 e. The number of esters is 1. The fraction of sp³-hybridized carbons (Fsp3) is 0.519. The number of pyridine rings is 1. The number of aromatic nitrogens is 3. The predicted molar refractivity (Wildman–Crippen MR) is 136 cm³/mol. The van der Waals surface area contributed by atoms with Crippen LogP contribution in [0.5, 0.6) is 0 Å². The number of aryl methyl sites for hydroxylation is 2. The summed E-state index contributed by atoms with van der Waals surface area (Å²) in [5.41, 5.74) is 4.50. The Morgan fingerprint density at radius 1 is 1.26 bits per heavy atom. The SMILES string of the molecule is Cc1cc(-c2nc3ccc(CN[C@@H](C(=O)OCC(C)C)[C@@H](C)O)cc3n2CC2CC2)cn(C)c1=O. The van der Waals surface area contributed by atoms with Crippen LogP contribution in [0.25, 0.3) is 22.4 Å². The molecule has 0 saturated heterocycles. The second-order valence-electron chi connectivity index (χ2n) is 10.3. The number of carbonyl (C=O) groups is 1. The fourth-order valence-electron chi connectivity index (χ4n) is 4.26. The molecular weight excluding hydrogens is 444 g/mol. The standard InChI is InChI=1S/C27H36N4O4/c1-16(2)15-35-27(34)24(18(4)32)28-12-20-8-9-22-23(11-20)31(13-19-6-7-19)25(29-22)21-10-17(3)26(33)30(5)14-21/h8-11,14,16,18-19,24,28,32H,6-7,12-13,15H2,1-5H3/t18-,24-/m1/s1. The lowest BCUT2D eigenvalue weighted by molar-refractivity contribution is -0.150. The van der Waals surface area contributed by atoms with E-state index in [1.54, 1.807) is 18.5 Å². The van der Waals surface area contributed by atoms with Crippen molar-refractivity contribution in [2.45, 2.75) is 65.8 Å². The van der Waals surface area contributed by atoms with Gasteiger partial charge in [-0.1, -0.05) is 19.9 Å². The van der Waals surface area contributed by atoms with Gasteiger partial charge >= 0.3 is 5.97 Å². The van der Waals surface area contributed by atoms with Gasteiger partial charge in [-0.05, 0) is 62.3 Å². The van der Waals surface area contributed by atoms with Crippen molar-refractivity contribution in [2.75, 3.05) is 6.61 Å². The molecule has 0 amide bonds. The number of imidazole rings is 1. The summed E-state index contributed by atoms with van der Waals surface area (Å²) in [7, 11) is 1.77. The summed E-state index contributed by atoms with van der Waals surface area (Å²) in [6.45, 7) is 8.97. The van der Waals surface area contributed by atoms with Gasteiger partial charge in [-0.2, -0.15) is 0 Å². The van der Waals surface area contributed by atoms with Crippen molar-refractivity contribution in [3.8, 4) is 11.4 Å². The molecule has 0 unspecified atom stereocenters. The van der Waals surface area contributed by atoms with Crippen molar-refractivity contribution in [3.63, 3.8) is 0 Å². The first kappa shape index (κ1) is 25.1. The molecule has 4 rings (SSSR count). The Bertz CT molecular complexity index is 1240. The molecule has 1 saturated carbocycles. The summed E-state index contributed by atoms with van der Waals surface area (Å²) < 4.78 is 9.19. The summed E-state index contributed by atoms with van der Waals surface area (Å²) in [6, 6.07) is 7.17. The van der Waals surface area contributed by atoms with Gasteiger partial charge < -0.3 is 19.0 Å². The maximum absolute atomic E-state index is 12.5. The van der Waals surface area contributed by atoms with Gasteiger partial charge in [0.05, 0.1) is 23.7 Å². The van der Waals surface area contributed by atoms with Crippen molar-refractivity contribution < 1.29 is 14.6 Å². The number of nitrogens with one attached hydrogen (secondary N) is 1. The zero-order valence-electron chi connectivity index (χ0n) is 21.2. The van der Waals surface area contributed by atoms with Crippen molar-refractivity contribution in [3.05, 3.63) is 51.9 Å². The van der Waals surface area contributed by atoms with E-state index in [1.165, 1.54) is 12.8 Å². The Morgan fingerprint density at radius 3 is 2.63 bits per heavy atom. The minimum absolute atomic E-state index is 0.00782. The van der Waals surface area contributed by atoms with Gasteiger partial charge in [0.2, 0.25) is 0 Å². The molecule has 8 heteroatoms. The molecule has 35 heavy (non-hydrogen) atoms. The average molecular weight is 481 g/mol. The van der Waals surface area contributed by atoms with Crippen LogP contribution in [0.4, 0.5) is 0 Å². The van der Waals surface area contributed by atoms with E-state index in [2.05, 4.69) is 16.0 Å². The number of aliphatic hydroxyl groups excluding tert-OH is 1. The fourth-order valence-corrected chi connectivity index (χ4v) is 4.26. The lowest BCUT2D eigenvalue weighted by atomic mass is 10.1. The molecule has 3 aromatic rings. The third kappa shape index (κ3) is 5.82. The van der Waals surface area contributed by atoms with E-state index in [0.717, 1.165) is 34.5 Å². The molecule has 1 fully saturated rings. The number of benzene rings is 1. The normalized spacial score (nSPS) is 15.5. The maximum atomic E-state index is 12.5. The summed E-state index contributed by atoms with van der Waals surface area (Å²) in [6.07, 6.45) is 3.39. The van der Waals surface area contributed by atoms with Gasteiger partial charge in [0.25, 0.3) is 5.56 Å². The summed E-state index contributed by atoms with van der Waals surface area (Å²) in [4.78, 5) is 29.6. The highest BCUT2D eigenvalue weighted by Crippen LogP contribution is 2.34. The zero-order chi connectivity index (χ0) is 25.3. The number of aliphatic hydroxyl groups is 1. The van der Waals surface area contributed by atoms with E-state index in [1.807, 2.05) is 45.2 Å². The molecule has 0 aliphatic heterocycles. The topological polar surface area (TPSA) is 98.4 Å². The first-order valence-corrected chi connectivity index (χ1v) is 12.4. The predicted octanol–water partition coefficient (Wildman–Crippen LogP) is 3.16. The van der Waals surface area contributed by atoms with E-state index in [0.29, 0.717) is 24.6 Å². The molecule has 188 valence electrons. The van der Waals surface area contributed by atoms with Crippen molar-refractivity contribution >= 4 is 17.0 Å². The number of hydrogen-bond acceptors (Lipinski definition) is 6. The second-order valence-corrected chi connectivity index (χ2v) is 10.3. The molecule has 0 spiro atoms. The van der Waals surface area contributed by atoms with Crippen molar-refractivity contribution in [2.24, 2.45) is 18.9 Å². The molecule has 1 aliphatic carbocycles. The number of fused-ring (bicyclic) bond motifs is 1. The van der Waals surface area contributed by atoms with Crippen LogP contribution in [0.1, 0.15) is 44.7 Å². The highest BCUT2D eigenvalue weighted by Gasteiger charge is 2.27. The molecule has 1 aromatic carbocycles. The van der Waals surface area contributed by atoms with Gasteiger partial charge in [-0.25, -0.2) is 4.98 Å². The van der Waals surface area contributed by atoms with Crippen LogP contribution in [-0.4, -0.2) is 43.9 Å². The number of ether oxygens (including phenoxy) is 1. The lowest BCUT2D eigenvalue weighted by Gasteiger charge is -2.21. The number of hydrogen-bond donors (Lipinski definition) is 2. The van der Waals surface area contributed by atoms with Crippen molar-refractivity contribution in [1.82, 2.24) is 19.4 Å². The van der Waals surface area contributed by atoms with Crippen LogP contribution in [0.3, 0.4) is 0 Å². The molecule has 8 nitrogen and oxygen atoms in total. The highest BCUT2D eigenvalue weighted by molar-refractivity contribution is 5.81. The van der Waals surface area contributed by atoms with Crippen LogP contribution in [0, 0.1) is 18.8 Å². The molecule has 0 radical (unpaired) electrons. The molecule has 2 aromatic heterocycles. The third-order valence-electron chi connectivity index (χ3n) is 6.39. The minimum Gasteiger partial charge on any atom is -0.464 e. The Labute approximate surface area is 205 Å². The van der Waals surface area contributed by atoms with E-state index in [4.69, 9.17) is 9.72 Å². The zero-order valence-corrected chi connectivity index (χ0v) is 21.2. The molecule has 1 aliphatic rings. The van der Waals surface area contributed by atoms with Gasteiger partial charge in [0.1, 0.15) is 11.9 Å². The summed E-state index contributed by atoms with van der Waals surface area (Å²) >= 11 is 0. The van der Waals surface area contributed by atoms with Crippen LogP contribution >= 0.6 is 0 Å². The van der Waals surface area contributed by atoms with Gasteiger partial charge in [0, 0.05) is 37.5 Å². The first-order chi connectivity index (χ1) is 16.6. The summed E-state index contributed by atoms with van der Waals surface area (Å²) in [5.74, 6) is 1.28. The lowest BCUT2D eigenvalue weighted by Crippen LogP contribution is -2.45. The molecule has 2 atom stereocenters. The van der Waals surface area contributed by atoms with Crippen LogP contribution < -0.4 is 10.9 Å². The molecule has 2 heterocycles. The average Bonchev–Trinajstić information content (AvgIpc) is 3.55. The van der Waals surface area contributed by atoms with E-state index in [9.17, 15) is 14.7 Å². The Hall–Kier alpha value is -2.97. The highest BCUT2D eigenvalue weighted by atomic mass is 16.5. The van der Waals surface area contributed by atoms with E-state index < -0.39 is 18.1 Å². The van der Waals surface area contributed by atoms with Gasteiger partial charge in [-0.15, -0.1) is 0 Å². The largest absolute Gasteiger partial charge is 0.464 e. The Balaban J connectivity index is 1.63. The Kier molecular flexibility index (Phi) is 7.42. The minimum atomic E-state index is -0.877. The number of nitrogens with zero attached hydrogens (tertiary/aromatic N) is 3.